The molecular formula is C25H30Cl2F3N3O3. The molecule has 0 unspecified atom stereocenters. The van der Waals surface area contributed by atoms with Crippen molar-refractivity contribution in [3.63, 3.8) is 0 Å². The zero-order chi connectivity index (χ0) is 25.4. The van der Waals surface area contributed by atoms with Gasteiger partial charge in [-0.25, -0.2) is 4.79 Å². The molecule has 36 heavy (non-hydrogen) atoms. The van der Waals surface area contributed by atoms with Crippen LogP contribution in [0.3, 0.4) is 0 Å². The lowest BCUT2D eigenvalue weighted by Gasteiger charge is -2.45. The van der Waals surface area contributed by atoms with E-state index in [2.05, 4.69) is 28.6 Å². The van der Waals surface area contributed by atoms with Crippen LogP contribution in [0.1, 0.15) is 36.8 Å². The normalized spacial score (nSPS) is 23.9. The molecule has 2 aromatic carbocycles. The van der Waals surface area contributed by atoms with Gasteiger partial charge in [-0.2, -0.15) is 13.2 Å². The first-order valence-electron chi connectivity index (χ1n) is 11.4. The van der Waals surface area contributed by atoms with Gasteiger partial charge in [0.25, 0.3) is 0 Å². The van der Waals surface area contributed by atoms with Crippen LogP contribution in [-0.4, -0.2) is 50.8 Å². The summed E-state index contributed by atoms with van der Waals surface area (Å²) in [6.45, 7) is 0.933. The number of benzene rings is 2. The second-order valence-corrected chi connectivity index (χ2v) is 9.64. The van der Waals surface area contributed by atoms with E-state index in [-0.39, 0.29) is 35.6 Å². The predicted octanol–water partition coefficient (Wildman–Crippen LogP) is 6.11. The monoisotopic (exact) mass is 547 g/mol. The van der Waals surface area contributed by atoms with Crippen LogP contribution in [0.2, 0.25) is 5.02 Å². The van der Waals surface area contributed by atoms with Gasteiger partial charge in [-0.05, 0) is 75.2 Å². The lowest BCUT2D eigenvalue weighted by molar-refractivity contribution is -0.137. The second kappa shape index (κ2) is 10.9. The molecule has 0 radical (unpaired) electrons. The van der Waals surface area contributed by atoms with Crippen molar-refractivity contribution in [2.24, 2.45) is 0 Å². The molecule has 0 aromatic heterocycles. The molecule has 4 rings (SSSR count). The number of nitrogens with zero attached hydrogens (tertiary/aromatic N) is 1. The van der Waals surface area contributed by atoms with Gasteiger partial charge in [-0.15, -0.1) is 12.4 Å². The van der Waals surface area contributed by atoms with Gasteiger partial charge in [0, 0.05) is 23.2 Å². The number of hydrogen-bond donors (Lipinski definition) is 2. The molecule has 6 nitrogen and oxygen atoms in total. The van der Waals surface area contributed by atoms with E-state index in [9.17, 15) is 18.0 Å². The lowest BCUT2D eigenvalue weighted by atomic mass is 9.65. The average Bonchev–Trinajstić information content (AvgIpc) is 3.16. The Kier molecular flexibility index (Phi) is 8.58. The molecule has 0 spiro atoms. The van der Waals surface area contributed by atoms with E-state index >= 15 is 0 Å². The maximum atomic E-state index is 13.1. The summed E-state index contributed by atoms with van der Waals surface area (Å²) in [6.07, 6.45) is -1.27. The van der Waals surface area contributed by atoms with Gasteiger partial charge in [0.15, 0.2) is 11.5 Å². The number of likely N-dealkylation sites (N-methyl/N-ethyl adjacent to an activating group) is 1. The van der Waals surface area contributed by atoms with Crippen LogP contribution in [0.15, 0.2) is 36.4 Å². The third-order valence-electron chi connectivity index (χ3n) is 7.35. The van der Waals surface area contributed by atoms with Crippen LogP contribution in [0.5, 0.6) is 11.5 Å². The molecule has 2 fully saturated rings. The number of carbonyl (C=O) groups excluding carboxylic acids is 1. The fourth-order valence-electron chi connectivity index (χ4n) is 5.57. The highest BCUT2D eigenvalue weighted by Crippen LogP contribution is 2.50. The van der Waals surface area contributed by atoms with Crippen molar-refractivity contribution in [1.29, 1.82) is 0 Å². The summed E-state index contributed by atoms with van der Waals surface area (Å²) < 4.78 is 50.3. The Morgan fingerprint density at radius 2 is 1.83 bits per heavy atom. The number of nitrogens with one attached hydrogen (secondary N) is 2. The van der Waals surface area contributed by atoms with E-state index in [0.717, 1.165) is 44.4 Å². The van der Waals surface area contributed by atoms with Crippen LogP contribution < -0.4 is 20.1 Å². The minimum atomic E-state index is -4.60. The zero-order valence-corrected chi connectivity index (χ0v) is 21.8. The SMILES string of the molecule is COc1ccc([C@@]23CC[C@@H](NC(=O)Nc4ccc(Cl)c(C(F)(F)F)c4)C[C@@H]2N(C)CC3)cc1OC.Cl. The molecule has 2 aromatic rings. The van der Waals surface area contributed by atoms with Crippen molar-refractivity contribution in [3.05, 3.63) is 52.5 Å². The van der Waals surface area contributed by atoms with Crippen LogP contribution in [0.4, 0.5) is 23.7 Å². The van der Waals surface area contributed by atoms with Gasteiger partial charge < -0.3 is 25.0 Å². The zero-order valence-electron chi connectivity index (χ0n) is 20.2. The maximum Gasteiger partial charge on any atom is 0.417 e. The fourth-order valence-corrected chi connectivity index (χ4v) is 5.79. The Hall–Kier alpha value is -2.36. The molecule has 198 valence electrons. The summed E-state index contributed by atoms with van der Waals surface area (Å²) >= 11 is 5.67. The Morgan fingerprint density at radius 3 is 2.50 bits per heavy atom. The van der Waals surface area contributed by atoms with Crippen LogP contribution in [0, 0.1) is 0 Å². The standard InChI is InChI=1S/C25H29ClF3N3O3.ClH/c1-32-11-10-24(15-4-7-20(34-2)21(12-15)35-3)9-8-17(14-22(24)32)31-23(33)30-16-5-6-19(26)18(13-16)25(27,28)29;/h4-7,12-13,17,22H,8-11,14H2,1-3H3,(H2,30,31,33);1H/t17-,22+,24+;/m1./s1. The second-order valence-electron chi connectivity index (χ2n) is 9.23. The fraction of sp³-hybridized carbons (Fsp3) is 0.480. The van der Waals surface area contributed by atoms with E-state index in [4.69, 9.17) is 21.1 Å². The summed E-state index contributed by atoms with van der Waals surface area (Å²) in [7, 11) is 5.31. The largest absolute Gasteiger partial charge is 0.493 e. The minimum absolute atomic E-state index is 0. The first-order chi connectivity index (χ1) is 16.6. The number of fused-ring (bicyclic) bond motifs is 1. The van der Waals surface area contributed by atoms with Crippen molar-refractivity contribution in [1.82, 2.24) is 10.2 Å². The summed E-state index contributed by atoms with van der Waals surface area (Å²) in [4.78, 5) is 14.9. The molecule has 2 N–H and O–H groups in total. The Bertz CT molecular complexity index is 1100. The van der Waals surface area contributed by atoms with Crippen molar-refractivity contribution < 1.29 is 27.4 Å². The number of hydrogen-bond acceptors (Lipinski definition) is 4. The van der Waals surface area contributed by atoms with Gasteiger partial charge >= 0.3 is 12.2 Å². The number of anilines is 1. The Balaban J connectivity index is 0.00000361. The average molecular weight is 548 g/mol. The molecule has 0 bridgehead atoms. The van der Waals surface area contributed by atoms with Gasteiger partial charge in [0.2, 0.25) is 0 Å². The Morgan fingerprint density at radius 1 is 1.11 bits per heavy atom. The van der Waals surface area contributed by atoms with Crippen molar-refractivity contribution in [2.75, 3.05) is 33.1 Å². The topological polar surface area (TPSA) is 62.8 Å². The van der Waals surface area contributed by atoms with Crippen molar-refractivity contribution in [3.8, 4) is 11.5 Å². The lowest BCUT2D eigenvalue weighted by Crippen LogP contribution is -2.52. The molecule has 2 amide bonds. The molecule has 1 saturated carbocycles. The quantitative estimate of drug-likeness (QED) is 0.473. The molecule has 2 aliphatic rings. The highest BCUT2D eigenvalue weighted by atomic mass is 35.5. The number of likely N-dealkylation sites (tertiary alicyclic amines) is 1. The predicted molar refractivity (Wildman–Crippen MR) is 136 cm³/mol. The van der Waals surface area contributed by atoms with E-state index in [0.29, 0.717) is 11.5 Å². The number of ether oxygens (including phenoxy) is 2. The number of methoxy groups -OCH3 is 2. The molecule has 1 aliphatic heterocycles. The van der Waals surface area contributed by atoms with Gasteiger partial charge in [0.05, 0.1) is 24.8 Å². The first kappa shape index (κ1) is 28.2. The first-order valence-corrected chi connectivity index (χ1v) is 11.8. The molecule has 1 aliphatic carbocycles. The number of rotatable bonds is 5. The molecular weight excluding hydrogens is 518 g/mol. The number of alkyl halides is 3. The summed E-state index contributed by atoms with van der Waals surface area (Å²) in [5.74, 6) is 1.37. The highest BCUT2D eigenvalue weighted by Gasteiger charge is 2.50. The smallest absolute Gasteiger partial charge is 0.417 e. The molecule has 11 heteroatoms. The third-order valence-corrected chi connectivity index (χ3v) is 7.68. The number of urea groups is 1. The maximum absolute atomic E-state index is 13.1. The molecule has 3 atom stereocenters. The number of amides is 2. The molecule has 1 saturated heterocycles. The van der Waals surface area contributed by atoms with E-state index in [1.165, 1.54) is 11.6 Å². The summed E-state index contributed by atoms with van der Waals surface area (Å²) in [5.41, 5.74) is 0.170. The van der Waals surface area contributed by atoms with E-state index < -0.39 is 22.8 Å². The highest BCUT2D eigenvalue weighted by molar-refractivity contribution is 6.31. The van der Waals surface area contributed by atoms with Gasteiger partial charge in [-0.3, -0.25) is 0 Å². The van der Waals surface area contributed by atoms with Crippen LogP contribution >= 0.6 is 24.0 Å². The summed E-state index contributed by atoms with van der Waals surface area (Å²) in [6, 6.07) is 8.94. The van der Waals surface area contributed by atoms with Crippen LogP contribution in [-0.2, 0) is 11.6 Å². The minimum Gasteiger partial charge on any atom is -0.493 e. The number of carbonyl (C=O) groups is 1. The molecule has 1 heterocycles. The van der Waals surface area contributed by atoms with Gasteiger partial charge in [0.1, 0.15) is 0 Å². The van der Waals surface area contributed by atoms with Crippen molar-refractivity contribution in [2.45, 2.75) is 49.4 Å². The van der Waals surface area contributed by atoms with Crippen molar-refractivity contribution >= 4 is 35.7 Å². The van der Waals surface area contributed by atoms with E-state index in [1.54, 1.807) is 14.2 Å². The van der Waals surface area contributed by atoms with E-state index in [1.807, 2.05) is 12.1 Å². The third kappa shape index (κ3) is 5.48. The van der Waals surface area contributed by atoms with Gasteiger partial charge in [-0.1, -0.05) is 17.7 Å². The van der Waals surface area contributed by atoms with Crippen LogP contribution in [0.25, 0.3) is 0 Å². The number of halogens is 5. The summed E-state index contributed by atoms with van der Waals surface area (Å²) in [5, 5.41) is 5.05. The Labute approximate surface area is 219 Å².